The third kappa shape index (κ3) is 6.08. The van der Waals surface area contributed by atoms with E-state index in [4.69, 9.17) is 0 Å². The van der Waals surface area contributed by atoms with Crippen molar-refractivity contribution in [2.24, 2.45) is 0 Å². The summed E-state index contributed by atoms with van der Waals surface area (Å²) in [5, 5.41) is 14.3. The van der Waals surface area contributed by atoms with Crippen LogP contribution in [0.25, 0.3) is 11.1 Å². The first kappa shape index (κ1) is 26.7. The second-order valence-corrected chi connectivity index (χ2v) is 7.52. The smallest absolute Gasteiger partial charge is 0.389 e. The summed E-state index contributed by atoms with van der Waals surface area (Å²) in [6, 6.07) is 8.04. The molecule has 184 valence electrons. The molecular weight excluding hydrogens is 457 g/mol. The van der Waals surface area contributed by atoms with Crippen molar-refractivity contribution in [2.75, 3.05) is 18.1 Å². The fraction of sp³-hybridized carbons (Fsp3) is 0.364. The molecule has 0 aliphatic carbocycles. The summed E-state index contributed by atoms with van der Waals surface area (Å²) in [5.41, 5.74) is 1.78. The van der Waals surface area contributed by atoms with Gasteiger partial charge in [0, 0.05) is 18.2 Å². The molecular formula is C22H25F3N4O5. The van der Waals surface area contributed by atoms with Gasteiger partial charge in [-0.15, -0.1) is 0 Å². The normalized spacial score (nSPS) is 15.9. The van der Waals surface area contributed by atoms with Crippen LogP contribution in [0.5, 0.6) is 0 Å². The van der Waals surface area contributed by atoms with Crippen molar-refractivity contribution in [1.29, 1.82) is 0 Å². The summed E-state index contributed by atoms with van der Waals surface area (Å²) in [4.78, 5) is 43.5. The number of fused-ring (bicyclic) bond motifs is 3. The minimum atomic E-state index is -4.49. The first-order chi connectivity index (χ1) is 15.6. The number of rotatable bonds is 7. The van der Waals surface area contributed by atoms with Crippen LogP contribution in [0.1, 0.15) is 31.4 Å². The molecule has 1 aromatic carbocycles. The predicted molar refractivity (Wildman–Crippen MR) is 117 cm³/mol. The molecule has 2 heterocycles. The first-order valence-electron chi connectivity index (χ1n) is 10.3. The molecule has 0 radical (unpaired) electrons. The zero-order valence-electron chi connectivity index (χ0n) is 18.2. The molecule has 9 nitrogen and oxygen atoms in total. The Labute approximate surface area is 193 Å². The number of alkyl halides is 3. The third-order valence-corrected chi connectivity index (χ3v) is 5.13. The lowest BCUT2D eigenvalue weighted by Gasteiger charge is -2.26. The number of nitrogens with one attached hydrogen (secondary N) is 2. The van der Waals surface area contributed by atoms with E-state index in [9.17, 15) is 32.7 Å². The van der Waals surface area contributed by atoms with Crippen molar-refractivity contribution in [1.82, 2.24) is 15.6 Å². The molecule has 1 aliphatic rings. The first-order valence-corrected chi connectivity index (χ1v) is 10.3. The van der Waals surface area contributed by atoms with Crippen LogP contribution in [-0.4, -0.2) is 58.7 Å². The molecule has 0 saturated carbocycles. The molecule has 3 amide bonds. The maximum atomic E-state index is 13.4. The number of aromatic nitrogens is 1. The molecule has 5 N–H and O–H groups in total. The Morgan fingerprint density at radius 3 is 2.53 bits per heavy atom. The summed E-state index contributed by atoms with van der Waals surface area (Å²) in [6.07, 6.45) is -5.09. The van der Waals surface area contributed by atoms with E-state index in [1.807, 2.05) is 0 Å². The number of amides is 3. The summed E-state index contributed by atoms with van der Waals surface area (Å²) < 4.78 is 37.0. The van der Waals surface area contributed by atoms with Gasteiger partial charge in [0.1, 0.15) is 17.9 Å². The Kier molecular flexibility index (Phi) is 8.71. The highest BCUT2D eigenvalue weighted by atomic mass is 19.4. The molecule has 34 heavy (non-hydrogen) atoms. The highest BCUT2D eigenvalue weighted by molar-refractivity contribution is 6.05. The fourth-order valence-electron chi connectivity index (χ4n) is 3.57. The summed E-state index contributed by atoms with van der Waals surface area (Å²) in [5.74, 6) is -1.89. The van der Waals surface area contributed by atoms with E-state index in [0.29, 0.717) is 22.5 Å². The monoisotopic (exact) mass is 482 g/mol. The number of nitrogens with zero attached hydrogens (tertiary/aromatic N) is 2. The molecule has 0 saturated heterocycles. The maximum absolute atomic E-state index is 13.4. The van der Waals surface area contributed by atoms with Crippen molar-refractivity contribution < 1.29 is 38.1 Å². The number of carbonyl (C=O) groups is 3. The van der Waals surface area contributed by atoms with Crippen molar-refractivity contribution in [3.63, 3.8) is 0 Å². The van der Waals surface area contributed by atoms with E-state index >= 15 is 0 Å². The van der Waals surface area contributed by atoms with E-state index in [-0.39, 0.29) is 18.6 Å². The number of aliphatic hydroxyl groups is 1. The molecule has 1 aromatic heterocycles. The third-order valence-electron chi connectivity index (χ3n) is 5.13. The van der Waals surface area contributed by atoms with Crippen LogP contribution >= 0.6 is 0 Å². The van der Waals surface area contributed by atoms with Crippen LogP contribution in [0.3, 0.4) is 0 Å². The molecule has 2 atom stereocenters. The second kappa shape index (κ2) is 11.1. The topological polar surface area (TPSA) is 143 Å². The van der Waals surface area contributed by atoms with Crippen LogP contribution in [-0.2, 0) is 14.4 Å². The number of carbonyl (C=O) groups excluding carboxylic acids is 3. The van der Waals surface area contributed by atoms with Gasteiger partial charge in [-0.1, -0.05) is 24.3 Å². The Hall–Kier alpha value is -3.51. The van der Waals surface area contributed by atoms with Crippen molar-refractivity contribution in [2.45, 2.75) is 38.0 Å². The van der Waals surface area contributed by atoms with Crippen LogP contribution in [0.2, 0.25) is 0 Å². The number of β-amino-alcohol motifs (C(OH)–C–C–N with tert-alkyl or cyclic N) is 1. The highest BCUT2D eigenvalue weighted by Crippen LogP contribution is 2.38. The number of aliphatic hydroxyl groups excluding tert-OH is 1. The summed E-state index contributed by atoms with van der Waals surface area (Å²) in [6.45, 7) is 0.910. The molecule has 1 aliphatic heterocycles. The molecule has 1 unspecified atom stereocenters. The molecule has 12 heteroatoms. The van der Waals surface area contributed by atoms with Crippen molar-refractivity contribution in [3.05, 3.63) is 48.2 Å². The van der Waals surface area contributed by atoms with Gasteiger partial charge in [0.2, 0.25) is 11.8 Å². The lowest BCUT2D eigenvalue weighted by atomic mass is 9.96. The standard InChI is InChI=1S/C22H23F3N4O4.H2O/c1-13(27-17(31)8-9-22(23,24)25)20(32)28-18-15-6-3-2-5-14(15)16-7-4-10-26-19(16)29(11-12-30)21(18)33;/h2-7,10,13,18,30H,8-9,11-12H2,1H3,(H,27,31)(H,28,32);1H2/t13?,18-;/m0./s1. The zero-order valence-corrected chi connectivity index (χ0v) is 18.2. The number of hydrogen-bond acceptors (Lipinski definition) is 5. The number of pyridine rings is 1. The van der Waals surface area contributed by atoms with Gasteiger partial charge in [-0.2, -0.15) is 13.2 Å². The molecule has 0 fully saturated rings. The van der Waals surface area contributed by atoms with Gasteiger partial charge in [-0.3, -0.25) is 19.3 Å². The number of benzene rings is 1. The van der Waals surface area contributed by atoms with E-state index < -0.39 is 48.8 Å². The average Bonchev–Trinajstić information content (AvgIpc) is 2.87. The van der Waals surface area contributed by atoms with E-state index in [0.717, 1.165) is 0 Å². The van der Waals surface area contributed by atoms with Crippen molar-refractivity contribution >= 4 is 23.5 Å². The largest absolute Gasteiger partial charge is 0.412 e. The SMILES string of the molecule is CC(NC(=O)CCC(F)(F)F)C(=O)N[C@@H]1C(=O)N(CCO)c2ncccc2-c2ccccc21.O. The Bertz CT molecular complexity index is 1050. The van der Waals surface area contributed by atoms with Crippen LogP contribution < -0.4 is 15.5 Å². The Morgan fingerprint density at radius 1 is 1.18 bits per heavy atom. The summed E-state index contributed by atoms with van der Waals surface area (Å²) in [7, 11) is 0. The van der Waals surface area contributed by atoms with Gasteiger partial charge in [-0.05, 0) is 30.2 Å². The van der Waals surface area contributed by atoms with Gasteiger partial charge in [0.25, 0.3) is 5.91 Å². The number of hydrogen-bond donors (Lipinski definition) is 3. The van der Waals surface area contributed by atoms with Crippen LogP contribution in [0.15, 0.2) is 42.6 Å². The van der Waals surface area contributed by atoms with Crippen LogP contribution in [0.4, 0.5) is 19.0 Å². The minimum Gasteiger partial charge on any atom is -0.412 e. The van der Waals surface area contributed by atoms with Gasteiger partial charge < -0.3 is 21.2 Å². The molecule has 0 spiro atoms. The van der Waals surface area contributed by atoms with Crippen LogP contribution in [0, 0.1) is 0 Å². The predicted octanol–water partition coefficient (Wildman–Crippen LogP) is 1.27. The highest BCUT2D eigenvalue weighted by Gasteiger charge is 2.36. The van der Waals surface area contributed by atoms with Gasteiger partial charge in [0.15, 0.2) is 0 Å². The lowest BCUT2D eigenvalue weighted by Crippen LogP contribution is -2.50. The van der Waals surface area contributed by atoms with Gasteiger partial charge >= 0.3 is 6.18 Å². The fourth-order valence-corrected chi connectivity index (χ4v) is 3.57. The molecule has 3 rings (SSSR count). The lowest BCUT2D eigenvalue weighted by molar-refractivity contribution is -0.144. The average molecular weight is 482 g/mol. The Balaban J connectivity index is 0.00000408. The van der Waals surface area contributed by atoms with Gasteiger partial charge in [0.05, 0.1) is 19.6 Å². The minimum absolute atomic E-state index is 0. The number of halogens is 3. The van der Waals surface area contributed by atoms with E-state index in [1.165, 1.54) is 18.0 Å². The zero-order chi connectivity index (χ0) is 24.2. The van der Waals surface area contributed by atoms with Gasteiger partial charge in [-0.25, -0.2) is 4.98 Å². The maximum Gasteiger partial charge on any atom is 0.389 e. The molecule has 0 bridgehead atoms. The van der Waals surface area contributed by atoms with E-state index in [2.05, 4.69) is 15.6 Å². The Morgan fingerprint density at radius 2 is 1.85 bits per heavy atom. The van der Waals surface area contributed by atoms with E-state index in [1.54, 1.807) is 36.4 Å². The molecule has 2 aromatic rings. The second-order valence-electron chi connectivity index (χ2n) is 7.52. The van der Waals surface area contributed by atoms with Crippen molar-refractivity contribution in [3.8, 4) is 11.1 Å². The number of anilines is 1. The quantitative estimate of drug-likeness (QED) is 0.545. The summed E-state index contributed by atoms with van der Waals surface area (Å²) >= 11 is 0.